The molecule has 4 nitrogen and oxygen atoms in total. The van der Waals surface area contributed by atoms with E-state index in [9.17, 15) is 13.2 Å². The summed E-state index contributed by atoms with van der Waals surface area (Å²) in [5.74, 6) is -0.200. The van der Waals surface area contributed by atoms with Gasteiger partial charge in [-0.3, -0.25) is 4.79 Å². The lowest BCUT2D eigenvalue weighted by Gasteiger charge is -2.23. The molecule has 0 aliphatic rings. The Bertz CT molecular complexity index is 990. The van der Waals surface area contributed by atoms with Crippen LogP contribution < -0.4 is 0 Å². The molecule has 0 aliphatic carbocycles. The molecule has 1 amide bonds. The number of sulfone groups is 1. The van der Waals surface area contributed by atoms with Crippen molar-refractivity contribution in [2.24, 2.45) is 0 Å². The molecular formula is C23H23NO3S. The number of carbonyl (C=O) groups is 1. The van der Waals surface area contributed by atoms with Gasteiger partial charge in [0.1, 0.15) is 0 Å². The normalized spacial score (nSPS) is 11.2. The van der Waals surface area contributed by atoms with Gasteiger partial charge in [0.05, 0.1) is 5.75 Å². The topological polar surface area (TPSA) is 54.5 Å². The summed E-state index contributed by atoms with van der Waals surface area (Å²) in [6.07, 6.45) is 1.19. The van der Waals surface area contributed by atoms with E-state index in [-0.39, 0.29) is 11.7 Å². The van der Waals surface area contributed by atoms with Crippen molar-refractivity contribution in [3.8, 4) is 0 Å². The monoisotopic (exact) mass is 393 g/mol. The predicted molar refractivity (Wildman–Crippen MR) is 111 cm³/mol. The third kappa shape index (κ3) is 5.79. The van der Waals surface area contributed by atoms with Crippen LogP contribution in [0.4, 0.5) is 0 Å². The van der Waals surface area contributed by atoms with Crippen LogP contribution in [-0.4, -0.2) is 25.5 Å². The van der Waals surface area contributed by atoms with E-state index < -0.39 is 9.84 Å². The van der Waals surface area contributed by atoms with E-state index in [0.29, 0.717) is 24.2 Å². The van der Waals surface area contributed by atoms with Crippen LogP contribution in [0.25, 0.3) is 0 Å². The van der Waals surface area contributed by atoms with Gasteiger partial charge in [0.2, 0.25) is 0 Å². The maximum Gasteiger partial charge on any atom is 0.254 e. The molecular weight excluding hydrogens is 370 g/mol. The van der Waals surface area contributed by atoms with Gasteiger partial charge in [-0.1, -0.05) is 72.8 Å². The molecule has 5 heteroatoms. The van der Waals surface area contributed by atoms with E-state index in [2.05, 4.69) is 0 Å². The summed E-state index contributed by atoms with van der Waals surface area (Å²) in [6, 6.07) is 26.5. The summed E-state index contributed by atoms with van der Waals surface area (Å²) in [5.41, 5.74) is 3.19. The Labute approximate surface area is 166 Å². The largest absolute Gasteiger partial charge is 0.330 e. The Balaban J connectivity index is 1.88. The van der Waals surface area contributed by atoms with Crippen LogP contribution in [-0.2, 0) is 28.7 Å². The molecule has 3 aromatic carbocycles. The molecule has 28 heavy (non-hydrogen) atoms. The van der Waals surface area contributed by atoms with Gasteiger partial charge in [-0.2, -0.15) is 0 Å². The third-order valence-electron chi connectivity index (χ3n) is 4.32. The summed E-state index contributed by atoms with van der Waals surface area (Å²) in [5, 5.41) is 0. The molecule has 0 aliphatic heterocycles. The van der Waals surface area contributed by atoms with Gasteiger partial charge in [0.15, 0.2) is 9.84 Å². The molecule has 144 valence electrons. The second-order valence-electron chi connectivity index (χ2n) is 6.90. The van der Waals surface area contributed by atoms with Crippen molar-refractivity contribution < 1.29 is 13.2 Å². The highest BCUT2D eigenvalue weighted by molar-refractivity contribution is 7.89. The lowest BCUT2D eigenvalue weighted by atomic mass is 10.1. The minimum Gasteiger partial charge on any atom is -0.330 e. The number of benzene rings is 3. The Morgan fingerprint density at radius 3 is 1.75 bits per heavy atom. The second kappa shape index (κ2) is 8.85. The first-order chi connectivity index (χ1) is 13.4. The maximum absolute atomic E-state index is 13.2. The van der Waals surface area contributed by atoms with Crippen LogP contribution in [0.1, 0.15) is 27.0 Å². The fourth-order valence-electron chi connectivity index (χ4n) is 3.09. The first kappa shape index (κ1) is 19.8. The van der Waals surface area contributed by atoms with Gasteiger partial charge in [-0.25, -0.2) is 8.42 Å². The zero-order valence-corrected chi connectivity index (χ0v) is 16.6. The molecule has 0 heterocycles. The van der Waals surface area contributed by atoms with Crippen LogP contribution in [0.5, 0.6) is 0 Å². The Morgan fingerprint density at radius 1 is 0.750 bits per heavy atom. The van der Waals surface area contributed by atoms with Crippen molar-refractivity contribution in [2.75, 3.05) is 6.26 Å². The highest BCUT2D eigenvalue weighted by Gasteiger charge is 2.18. The maximum atomic E-state index is 13.2. The number of carbonyl (C=O) groups excluding carboxylic acids is 1. The third-order valence-corrected chi connectivity index (χ3v) is 5.18. The molecule has 0 aromatic heterocycles. The van der Waals surface area contributed by atoms with Gasteiger partial charge in [-0.05, 0) is 28.8 Å². The number of hydrogen-bond acceptors (Lipinski definition) is 3. The van der Waals surface area contributed by atoms with E-state index >= 15 is 0 Å². The van der Waals surface area contributed by atoms with Crippen LogP contribution in [0.3, 0.4) is 0 Å². The summed E-state index contributed by atoms with van der Waals surface area (Å²) >= 11 is 0. The van der Waals surface area contributed by atoms with Crippen LogP contribution in [0.2, 0.25) is 0 Å². The van der Waals surface area contributed by atoms with E-state index in [1.54, 1.807) is 29.2 Å². The standard InChI is InChI=1S/C23H23NO3S/c1-28(26,27)18-21-13-8-14-22(15-21)23(25)24(16-19-9-4-2-5-10-19)17-20-11-6-3-7-12-20/h2-15H,16-18H2,1H3. The van der Waals surface area contributed by atoms with Crippen molar-refractivity contribution in [1.29, 1.82) is 0 Å². The Hall–Kier alpha value is -2.92. The second-order valence-corrected chi connectivity index (χ2v) is 9.04. The van der Waals surface area contributed by atoms with Crippen LogP contribution >= 0.6 is 0 Å². The molecule has 0 N–H and O–H groups in total. The fraction of sp³-hybridized carbons (Fsp3) is 0.174. The lowest BCUT2D eigenvalue weighted by molar-refractivity contribution is 0.0730. The van der Waals surface area contributed by atoms with Crippen LogP contribution in [0, 0.1) is 0 Å². The summed E-state index contributed by atoms with van der Waals surface area (Å²) in [4.78, 5) is 15.0. The Kier molecular flexibility index (Phi) is 6.26. The molecule has 0 spiro atoms. The quantitative estimate of drug-likeness (QED) is 0.608. The van der Waals surface area contributed by atoms with Gasteiger partial charge >= 0.3 is 0 Å². The van der Waals surface area contributed by atoms with Gasteiger partial charge < -0.3 is 4.90 Å². The predicted octanol–water partition coefficient (Wildman–Crippen LogP) is 4.07. The number of rotatable bonds is 7. The summed E-state index contributed by atoms with van der Waals surface area (Å²) < 4.78 is 23.2. The van der Waals surface area contributed by atoms with Crippen molar-refractivity contribution in [1.82, 2.24) is 4.90 Å². The van der Waals surface area contributed by atoms with Gasteiger partial charge in [-0.15, -0.1) is 0 Å². The smallest absolute Gasteiger partial charge is 0.254 e. The molecule has 0 radical (unpaired) electrons. The van der Waals surface area contributed by atoms with Crippen molar-refractivity contribution in [2.45, 2.75) is 18.8 Å². The van der Waals surface area contributed by atoms with E-state index in [4.69, 9.17) is 0 Å². The fourth-order valence-corrected chi connectivity index (χ4v) is 3.87. The van der Waals surface area contributed by atoms with Crippen molar-refractivity contribution in [3.63, 3.8) is 0 Å². The molecule has 0 saturated carbocycles. The molecule has 3 aromatic rings. The lowest BCUT2D eigenvalue weighted by Crippen LogP contribution is -2.30. The highest BCUT2D eigenvalue weighted by Crippen LogP contribution is 2.16. The molecule has 3 rings (SSSR count). The number of nitrogens with zero attached hydrogens (tertiary/aromatic N) is 1. The average Bonchev–Trinajstić information content (AvgIpc) is 2.67. The van der Waals surface area contributed by atoms with Crippen molar-refractivity contribution >= 4 is 15.7 Å². The highest BCUT2D eigenvalue weighted by atomic mass is 32.2. The minimum atomic E-state index is -3.16. The molecule has 0 saturated heterocycles. The van der Waals surface area contributed by atoms with Gasteiger partial charge in [0.25, 0.3) is 5.91 Å². The Morgan fingerprint density at radius 2 is 1.25 bits per heavy atom. The van der Waals surface area contributed by atoms with Crippen molar-refractivity contribution in [3.05, 3.63) is 107 Å². The number of amides is 1. The summed E-state index contributed by atoms with van der Waals surface area (Å²) in [6.45, 7) is 0.954. The minimum absolute atomic E-state index is 0.0779. The summed E-state index contributed by atoms with van der Waals surface area (Å²) in [7, 11) is -3.16. The SMILES string of the molecule is CS(=O)(=O)Cc1cccc(C(=O)N(Cc2ccccc2)Cc2ccccc2)c1. The average molecular weight is 394 g/mol. The first-order valence-electron chi connectivity index (χ1n) is 9.04. The zero-order valence-electron chi connectivity index (χ0n) is 15.8. The first-order valence-corrected chi connectivity index (χ1v) is 11.1. The molecule has 0 bridgehead atoms. The van der Waals surface area contributed by atoms with Gasteiger partial charge in [0, 0.05) is 24.9 Å². The zero-order chi connectivity index (χ0) is 20.0. The number of hydrogen-bond donors (Lipinski definition) is 0. The van der Waals surface area contributed by atoms with E-state index in [1.165, 1.54) is 6.26 Å². The van der Waals surface area contributed by atoms with E-state index in [1.807, 2.05) is 60.7 Å². The molecule has 0 fully saturated rings. The van der Waals surface area contributed by atoms with E-state index in [0.717, 1.165) is 11.1 Å². The molecule has 0 atom stereocenters. The van der Waals surface area contributed by atoms with Crippen LogP contribution in [0.15, 0.2) is 84.9 Å². The molecule has 0 unspecified atom stereocenters.